The van der Waals surface area contributed by atoms with Gasteiger partial charge in [-0.15, -0.1) is 4.37 Å². The van der Waals surface area contributed by atoms with Crippen LogP contribution in [0.5, 0.6) is 6.01 Å². The van der Waals surface area contributed by atoms with Crippen molar-refractivity contribution in [2.45, 2.75) is 46.1 Å². The number of nitrogens with one attached hydrogen (secondary N) is 2. The molecule has 0 aliphatic rings. The molecule has 3 amide bonds. The Hall–Kier alpha value is -2.07. The van der Waals surface area contributed by atoms with Gasteiger partial charge in [0.2, 0.25) is 22.9 Å². The molecule has 1 aromatic rings. The molecule has 0 bridgehead atoms. The number of aromatic nitrogens is 2. The number of methoxy groups -OCH3 is 1. The molecular weight excluding hydrogens is 346 g/mol. The zero-order chi connectivity index (χ0) is 19.0. The molecule has 0 spiro atoms. The van der Waals surface area contributed by atoms with E-state index in [1.54, 1.807) is 6.92 Å². The number of hydrogen-bond donors (Lipinski definition) is 3. The molecule has 0 aliphatic carbocycles. The second kappa shape index (κ2) is 10.0. The van der Waals surface area contributed by atoms with Gasteiger partial charge in [-0.05, 0) is 18.3 Å². The first-order valence-corrected chi connectivity index (χ1v) is 8.77. The van der Waals surface area contributed by atoms with Gasteiger partial charge in [0.15, 0.2) is 0 Å². The number of carbonyl (C=O) groups excluding carboxylic acids is 3. The lowest BCUT2D eigenvalue weighted by atomic mass is 9.96. The summed E-state index contributed by atoms with van der Waals surface area (Å²) >= 11 is 1.02. The molecule has 0 saturated heterocycles. The second-order valence-electron chi connectivity index (χ2n) is 6.19. The van der Waals surface area contributed by atoms with Crippen molar-refractivity contribution in [2.24, 2.45) is 17.6 Å². The summed E-state index contributed by atoms with van der Waals surface area (Å²) in [6, 6.07) is -0.663. The third-order valence-electron chi connectivity index (χ3n) is 3.44. The molecule has 0 radical (unpaired) electrons. The molecule has 1 aromatic heterocycles. The molecule has 1 rings (SSSR count). The van der Waals surface area contributed by atoms with Crippen molar-refractivity contribution < 1.29 is 19.1 Å². The summed E-state index contributed by atoms with van der Waals surface area (Å²) in [4.78, 5) is 39.4. The van der Waals surface area contributed by atoms with Crippen LogP contribution in [0.2, 0.25) is 0 Å². The first-order valence-electron chi connectivity index (χ1n) is 7.99. The van der Waals surface area contributed by atoms with Crippen molar-refractivity contribution in [1.29, 1.82) is 0 Å². The predicted molar refractivity (Wildman–Crippen MR) is 94.1 cm³/mol. The maximum atomic E-state index is 12.0. The quantitative estimate of drug-likeness (QED) is 0.587. The molecule has 25 heavy (non-hydrogen) atoms. The maximum absolute atomic E-state index is 12.0. The molecule has 140 valence electrons. The Labute approximate surface area is 150 Å². The van der Waals surface area contributed by atoms with Gasteiger partial charge in [-0.1, -0.05) is 20.8 Å². The number of carbonyl (C=O) groups is 3. The minimum absolute atomic E-state index is 0.157. The molecule has 0 aliphatic heterocycles. The molecule has 2 atom stereocenters. The SMILES string of the molecule is COc1nsc(NC(=O)CCC(C)C(N)C(=O)NC(=O)CC(C)C)n1. The molecule has 10 heteroatoms. The normalized spacial score (nSPS) is 13.2. The zero-order valence-electron chi connectivity index (χ0n) is 14.9. The van der Waals surface area contributed by atoms with Crippen LogP contribution in [-0.2, 0) is 14.4 Å². The fourth-order valence-corrected chi connectivity index (χ4v) is 2.52. The van der Waals surface area contributed by atoms with Gasteiger partial charge < -0.3 is 15.8 Å². The summed E-state index contributed by atoms with van der Waals surface area (Å²) < 4.78 is 8.71. The monoisotopic (exact) mass is 371 g/mol. The molecule has 0 aromatic carbocycles. The van der Waals surface area contributed by atoms with E-state index >= 15 is 0 Å². The average Bonchev–Trinajstić information content (AvgIpc) is 2.98. The Bertz CT molecular complexity index is 604. The number of ether oxygens (including phenoxy) is 1. The van der Waals surface area contributed by atoms with Crippen molar-refractivity contribution in [3.63, 3.8) is 0 Å². The van der Waals surface area contributed by atoms with Crippen molar-refractivity contribution in [3.8, 4) is 6.01 Å². The van der Waals surface area contributed by atoms with Crippen LogP contribution in [0.3, 0.4) is 0 Å². The van der Waals surface area contributed by atoms with Crippen LogP contribution in [-0.4, -0.2) is 40.2 Å². The van der Waals surface area contributed by atoms with Crippen LogP contribution in [0.4, 0.5) is 5.13 Å². The van der Waals surface area contributed by atoms with Crippen LogP contribution in [0, 0.1) is 11.8 Å². The Balaban J connectivity index is 2.38. The standard InChI is InChI=1S/C15H25N5O4S/c1-8(2)7-11(22)17-13(23)12(16)9(3)5-6-10(21)18-15-19-14(24-4)20-25-15/h8-9,12H,5-7,16H2,1-4H3,(H,17,22,23)(H,18,19,20,21). The summed E-state index contributed by atoms with van der Waals surface area (Å²) in [5.74, 6) is -1.22. The van der Waals surface area contributed by atoms with E-state index in [1.165, 1.54) is 7.11 Å². The van der Waals surface area contributed by atoms with Gasteiger partial charge in [0.05, 0.1) is 13.2 Å². The number of nitrogens with zero attached hydrogens (tertiary/aromatic N) is 2. The van der Waals surface area contributed by atoms with Gasteiger partial charge in [0.1, 0.15) is 0 Å². The van der Waals surface area contributed by atoms with Crippen molar-refractivity contribution in [1.82, 2.24) is 14.7 Å². The molecule has 1 heterocycles. The highest BCUT2D eigenvalue weighted by Crippen LogP contribution is 2.17. The highest BCUT2D eigenvalue weighted by molar-refractivity contribution is 7.10. The molecule has 9 nitrogen and oxygen atoms in total. The van der Waals surface area contributed by atoms with E-state index in [0.29, 0.717) is 11.6 Å². The van der Waals surface area contributed by atoms with Crippen molar-refractivity contribution in [3.05, 3.63) is 0 Å². The lowest BCUT2D eigenvalue weighted by molar-refractivity contribution is -0.132. The Kier molecular flexibility index (Phi) is 8.42. The van der Waals surface area contributed by atoms with Crippen LogP contribution in [0.15, 0.2) is 0 Å². The zero-order valence-corrected chi connectivity index (χ0v) is 15.7. The fraction of sp³-hybridized carbons (Fsp3) is 0.667. The topological polar surface area (TPSA) is 136 Å². The van der Waals surface area contributed by atoms with E-state index in [4.69, 9.17) is 10.5 Å². The first kappa shape index (κ1) is 21.0. The molecule has 0 fully saturated rings. The van der Waals surface area contributed by atoms with Gasteiger partial charge in [-0.2, -0.15) is 4.98 Å². The van der Waals surface area contributed by atoms with Gasteiger partial charge in [0, 0.05) is 24.4 Å². The number of imide groups is 1. The predicted octanol–water partition coefficient (Wildman–Crippen LogP) is 0.918. The van der Waals surface area contributed by atoms with Crippen LogP contribution >= 0.6 is 11.5 Å². The van der Waals surface area contributed by atoms with E-state index < -0.39 is 11.9 Å². The lowest BCUT2D eigenvalue weighted by Gasteiger charge is -2.18. The van der Waals surface area contributed by atoms with Gasteiger partial charge in [0.25, 0.3) is 0 Å². The number of amides is 3. The van der Waals surface area contributed by atoms with Crippen molar-refractivity contribution in [2.75, 3.05) is 12.4 Å². The lowest BCUT2D eigenvalue weighted by Crippen LogP contribution is -2.47. The van der Waals surface area contributed by atoms with Gasteiger partial charge in [-0.25, -0.2) is 0 Å². The summed E-state index contributed by atoms with van der Waals surface area (Å²) in [7, 11) is 1.44. The highest BCUT2D eigenvalue weighted by atomic mass is 32.1. The number of nitrogens with two attached hydrogens (primary N) is 1. The van der Waals surface area contributed by atoms with E-state index in [0.717, 1.165) is 11.5 Å². The molecule has 4 N–H and O–H groups in total. The number of anilines is 1. The average molecular weight is 371 g/mol. The third-order valence-corrected chi connectivity index (χ3v) is 4.05. The first-order chi connectivity index (χ1) is 11.7. The summed E-state index contributed by atoms with van der Waals surface area (Å²) in [5.41, 5.74) is 5.87. The largest absolute Gasteiger partial charge is 0.466 e. The third kappa shape index (κ3) is 7.57. The Morgan fingerprint density at radius 1 is 1.24 bits per heavy atom. The molecule has 2 unspecified atom stereocenters. The molecule has 0 saturated carbocycles. The second-order valence-corrected chi connectivity index (χ2v) is 6.94. The Morgan fingerprint density at radius 2 is 1.92 bits per heavy atom. The Morgan fingerprint density at radius 3 is 2.48 bits per heavy atom. The fourth-order valence-electron chi connectivity index (χ4n) is 1.96. The summed E-state index contributed by atoms with van der Waals surface area (Å²) in [6.07, 6.45) is 0.833. The van der Waals surface area contributed by atoms with Crippen LogP contribution in [0.25, 0.3) is 0 Å². The van der Waals surface area contributed by atoms with E-state index in [1.807, 2.05) is 13.8 Å². The summed E-state index contributed by atoms with van der Waals surface area (Å²) in [6.45, 7) is 5.54. The smallest absolute Gasteiger partial charge is 0.329 e. The van der Waals surface area contributed by atoms with Gasteiger partial charge >= 0.3 is 6.01 Å². The van der Waals surface area contributed by atoms with Crippen molar-refractivity contribution >= 4 is 34.4 Å². The summed E-state index contributed by atoms with van der Waals surface area (Å²) in [5, 5.41) is 5.24. The minimum Gasteiger partial charge on any atom is -0.466 e. The van der Waals surface area contributed by atoms with E-state index in [9.17, 15) is 14.4 Å². The van der Waals surface area contributed by atoms with Crippen LogP contribution in [0.1, 0.15) is 40.0 Å². The molecular formula is C15H25N5O4S. The van der Waals surface area contributed by atoms with Gasteiger partial charge in [-0.3, -0.25) is 19.7 Å². The maximum Gasteiger partial charge on any atom is 0.329 e. The van der Waals surface area contributed by atoms with Crippen LogP contribution < -0.4 is 21.1 Å². The number of hydrogen-bond acceptors (Lipinski definition) is 8. The number of rotatable bonds is 9. The van der Waals surface area contributed by atoms with E-state index in [-0.39, 0.29) is 42.5 Å². The minimum atomic E-state index is -0.856. The highest BCUT2D eigenvalue weighted by Gasteiger charge is 2.23. The van der Waals surface area contributed by atoms with E-state index in [2.05, 4.69) is 20.0 Å².